The Bertz CT molecular complexity index is 978. The number of fused-ring (bicyclic) bond motifs is 1. The largest absolute Gasteiger partial charge is 0.454 e. The van der Waals surface area contributed by atoms with Crippen molar-refractivity contribution < 1.29 is 19.0 Å². The zero-order valence-corrected chi connectivity index (χ0v) is 19.6. The van der Waals surface area contributed by atoms with Crippen LogP contribution in [-0.2, 0) is 21.5 Å². The van der Waals surface area contributed by atoms with E-state index in [1.54, 1.807) is 0 Å². The van der Waals surface area contributed by atoms with Crippen molar-refractivity contribution in [3.05, 3.63) is 58.6 Å². The Morgan fingerprint density at radius 1 is 1.09 bits per heavy atom. The molecule has 0 aromatic heterocycles. The minimum atomic E-state index is -0.0226. The summed E-state index contributed by atoms with van der Waals surface area (Å²) in [6.07, 6.45) is 4.39. The first kappa shape index (κ1) is 22.5. The van der Waals surface area contributed by atoms with Gasteiger partial charge in [-0.2, -0.15) is 0 Å². The van der Waals surface area contributed by atoms with Crippen molar-refractivity contribution in [2.45, 2.75) is 50.1 Å². The van der Waals surface area contributed by atoms with Gasteiger partial charge in [0.1, 0.15) is 0 Å². The van der Waals surface area contributed by atoms with Crippen LogP contribution in [-0.4, -0.2) is 49.9 Å². The van der Waals surface area contributed by atoms with Crippen LogP contribution < -0.4 is 14.8 Å². The summed E-state index contributed by atoms with van der Waals surface area (Å²) in [7, 11) is 0. The number of amides is 1. The Balaban J connectivity index is 1.21. The van der Waals surface area contributed by atoms with Gasteiger partial charge in [-0.3, -0.25) is 4.79 Å². The van der Waals surface area contributed by atoms with E-state index in [0.29, 0.717) is 23.7 Å². The Morgan fingerprint density at radius 2 is 1.85 bits per heavy atom. The molecule has 0 aliphatic carbocycles. The van der Waals surface area contributed by atoms with E-state index in [4.69, 9.17) is 25.8 Å². The maximum Gasteiger partial charge on any atom is 0.231 e. The van der Waals surface area contributed by atoms with Crippen LogP contribution in [0, 0.1) is 0 Å². The highest BCUT2D eigenvalue weighted by Gasteiger charge is 2.41. The third-order valence-electron chi connectivity index (χ3n) is 7.27. The minimum absolute atomic E-state index is 0.0226. The van der Waals surface area contributed by atoms with E-state index in [0.717, 1.165) is 63.3 Å². The number of nitrogens with zero attached hydrogens (tertiary/aromatic N) is 1. The highest BCUT2D eigenvalue weighted by molar-refractivity contribution is 6.31. The zero-order valence-electron chi connectivity index (χ0n) is 18.9. The molecule has 2 aromatic rings. The molecule has 1 amide bonds. The molecule has 1 N–H and O–H groups in total. The Hall–Kier alpha value is -2.28. The van der Waals surface area contributed by atoms with Crippen molar-refractivity contribution in [3.8, 4) is 11.5 Å². The summed E-state index contributed by atoms with van der Waals surface area (Å²) in [5.74, 6) is 1.72. The first-order valence-electron chi connectivity index (χ1n) is 11.9. The molecule has 3 aliphatic rings. The van der Waals surface area contributed by atoms with Crippen molar-refractivity contribution in [1.29, 1.82) is 0 Å². The Kier molecular flexibility index (Phi) is 6.76. The normalized spacial score (nSPS) is 21.5. The Labute approximate surface area is 200 Å². The molecule has 0 spiro atoms. The molecular formula is C26H31ClN2O4. The molecule has 0 saturated carbocycles. The summed E-state index contributed by atoms with van der Waals surface area (Å²) in [6.45, 7) is 3.99. The summed E-state index contributed by atoms with van der Waals surface area (Å²) in [5.41, 5.74) is 2.29. The number of benzene rings is 2. The number of hydrogen-bond donors (Lipinski definition) is 1. The van der Waals surface area contributed by atoms with Gasteiger partial charge in [0.15, 0.2) is 11.5 Å². The van der Waals surface area contributed by atoms with E-state index in [-0.39, 0.29) is 24.2 Å². The van der Waals surface area contributed by atoms with Gasteiger partial charge in [0.2, 0.25) is 12.7 Å². The third-order valence-corrected chi connectivity index (χ3v) is 7.62. The number of carbonyl (C=O) groups is 1. The van der Waals surface area contributed by atoms with E-state index in [9.17, 15) is 4.79 Å². The predicted octanol–water partition coefficient (Wildman–Crippen LogP) is 4.29. The number of nitrogens with one attached hydrogen (secondary N) is 1. The molecule has 7 heteroatoms. The predicted molar refractivity (Wildman–Crippen MR) is 127 cm³/mol. The van der Waals surface area contributed by atoms with Crippen molar-refractivity contribution in [3.63, 3.8) is 0 Å². The highest BCUT2D eigenvalue weighted by Crippen LogP contribution is 2.39. The van der Waals surface area contributed by atoms with E-state index < -0.39 is 0 Å². The number of halogens is 1. The molecular weight excluding hydrogens is 440 g/mol. The van der Waals surface area contributed by atoms with Crippen molar-refractivity contribution in [2.75, 3.05) is 33.1 Å². The van der Waals surface area contributed by atoms with Crippen LogP contribution in [0.3, 0.4) is 0 Å². The average Bonchev–Trinajstić information content (AvgIpc) is 3.44. The monoisotopic (exact) mass is 470 g/mol. The van der Waals surface area contributed by atoms with E-state index >= 15 is 0 Å². The van der Waals surface area contributed by atoms with E-state index in [1.165, 1.54) is 5.56 Å². The quantitative estimate of drug-likeness (QED) is 0.583. The summed E-state index contributed by atoms with van der Waals surface area (Å²) >= 11 is 6.40. The maximum absolute atomic E-state index is 12.9. The fraction of sp³-hybridized carbons (Fsp3) is 0.500. The maximum atomic E-state index is 12.9. The molecule has 3 aliphatic heterocycles. The second-order valence-electron chi connectivity index (χ2n) is 9.24. The van der Waals surface area contributed by atoms with Gasteiger partial charge in [-0.25, -0.2) is 0 Å². The zero-order chi connectivity index (χ0) is 22.7. The summed E-state index contributed by atoms with van der Waals surface area (Å²) in [6, 6.07) is 14.7. The molecule has 176 valence electrons. The van der Waals surface area contributed by atoms with Crippen LogP contribution in [0.2, 0.25) is 5.02 Å². The van der Waals surface area contributed by atoms with E-state index in [2.05, 4.69) is 40.5 Å². The van der Waals surface area contributed by atoms with Gasteiger partial charge in [0, 0.05) is 55.3 Å². The molecule has 3 heterocycles. The van der Waals surface area contributed by atoms with Gasteiger partial charge < -0.3 is 24.4 Å². The number of ether oxygens (including phenoxy) is 3. The Morgan fingerprint density at radius 3 is 2.64 bits per heavy atom. The van der Waals surface area contributed by atoms with Crippen LogP contribution >= 0.6 is 11.6 Å². The van der Waals surface area contributed by atoms with Gasteiger partial charge in [-0.1, -0.05) is 41.9 Å². The molecule has 2 aromatic carbocycles. The first-order chi connectivity index (χ1) is 16.1. The van der Waals surface area contributed by atoms with Gasteiger partial charge in [0.25, 0.3) is 0 Å². The van der Waals surface area contributed by atoms with Gasteiger partial charge >= 0.3 is 0 Å². The number of likely N-dealkylation sites (tertiary alicyclic amines) is 1. The molecule has 6 nitrogen and oxygen atoms in total. The number of carbonyl (C=O) groups excluding carboxylic acids is 1. The minimum Gasteiger partial charge on any atom is -0.454 e. The van der Waals surface area contributed by atoms with Gasteiger partial charge in [0.05, 0.1) is 0 Å². The van der Waals surface area contributed by atoms with Gasteiger partial charge in [-0.05, 0) is 49.4 Å². The van der Waals surface area contributed by atoms with Crippen LogP contribution in [0.1, 0.15) is 43.2 Å². The molecule has 0 bridgehead atoms. The topological polar surface area (TPSA) is 60.0 Å². The van der Waals surface area contributed by atoms with Crippen molar-refractivity contribution in [1.82, 2.24) is 10.2 Å². The van der Waals surface area contributed by atoms with Gasteiger partial charge in [-0.15, -0.1) is 0 Å². The highest BCUT2D eigenvalue weighted by atomic mass is 35.5. The summed E-state index contributed by atoms with van der Waals surface area (Å²) in [4.78, 5) is 15.0. The van der Waals surface area contributed by atoms with Crippen molar-refractivity contribution >= 4 is 17.5 Å². The molecule has 5 rings (SSSR count). The summed E-state index contributed by atoms with van der Waals surface area (Å²) in [5, 5.41) is 4.18. The molecule has 33 heavy (non-hydrogen) atoms. The molecule has 2 saturated heterocycles. The lowest BCUT2D eigenvalue weighted by Gasteiger charge is -2.42. The second-order valence-corrected chi connectivity index (χ2v) is 9.64. The number of hydrogen-bond acceptors (Lipinski definition) is 5. The van der Waals surface area contributed by atoms with Crippen LogP contribution in [0.4, 0.5) is 0 Å². The second kappa shape index (κ2) is 9.92. The fourth-order valence-electron chi connectivity index (χ4n) is 5.32. The molecule has 0 radical (unpaired) electrons. The smallest absolute Gasteiger partial charge is 0.231 e. The SMILES string of the molecule is O=C1CCC(CCNCc2cc3c(cc2Cl)OCO3)N1CC1(c2ccccc2)CCOCC1. The summed E-state index contributed by atoms with van der Waals surface area (Å²) < 4.78 is 16.5. The van der Waals surface area contributed by atoms with Crippen LogP contribution in [0.25, 0.3) is 0 Å². The standard InChI is InChI=1S/C26H31ClN2O4/c27-22-15-24-23(32-18-33-24)14-19(22)16-28-11-8-21-6-7-25(30)29(21)17-26(9-12-31-13-10-26)20-4-2-1-3-5-20/h1-5,14-15,21,28H,6-13,16-18H2. The molecule has 2 fully saturated rings. The number of rotatable bonds is 8. The van der Waals surface area contributed by atoms with Crippen LogP contribution in [0.15, 0.2) is 42.5 Å². The van der Waals surface area contributed by atoms with Crippen molar-refractivity contribution in [2.24, 2.45) is 0 Å². The lowest BCUT2D eigenvalue weighted by molar-refractivity contribution is -0.130. The lowest BCUT2D eigenvalue weighted by atomic mass is 9.73. The third kappa shape index (κ3) is 4.84. The fourth-order valence-corrected chi connectivity index (χ4v) is 5.54. The average molecular weight is 471 g/mol. The molecule has 1 unspecified atom stereocenters. The molecule has 1 atom stereocenters. The van der Waals surface area contributed by atoms with E-state index in [1.807, 2.05) is 12.1 Å². The lowest BCUT2D eigenvalue weighted by Crippen LogP contribution is -2.48. The first-order valence-corrected chi connectivity index (χ1v) is 12.2. The van der Waals surface area contributed by atoms with Crippen LogP contribution in [0.5, 0.6) is 11.5 Å².